The molecule has 0 spiro atoms. The average molecular weight is 353 g/mol. The molecule has 1 aliphatic heterocycles. The highest BCUT2D eigenvalue weighted by molar-refractivity contribution is 6.34. The molecule has 0 saturated heterocycles. The number of nitrogens with zero attached hydrogens (tertiary/aromatic N) is 2. The van der Waals surface area contributed by atoms with Gasteiger partial charge in [-0.2, -0.15) is 0 Å². The molecule has 0 N–H and O–H groups in total. The van der Waals surface area contributed by atoms with Crippen LogP contribution in [0.3, 0.4) is 0 Å². The van der Waals surface area contributed by atoms with Gasteiger partial charge in [0.25, 0.3) is 0 Å². The Bertz CT molecular complexity index is 696. The quantitative estimate of drug-likeness (QED) is 0.534. The summed E-state index contributed by atoms with van der Waals surface area (Å²) in [6.45, 7) is 2.38. The molecular formula is C17H21ClN2O4. The molecule has 1 aromatic heterocycles. The third-order valence-electron chi connectivity index (χ3n) is 3.83. The highest BCUT2D eigenvalue weighted by Crippen LogP contribution is 2.46. The largest absolute Gasteiger partial charge is 0.489 e. The predicted octanol–water partition coefficient (Wildman–Crippen LogP) is 3.64. The number of methoxy groups -OCH3 is 1. The van der Waals surface area contributed by atoms with Crippen LogP contribution in [0.5, 0.6) is 17.2 Å². The first kappa shape index (κ1) is 17.0. The minimum atomic E-state index is 0.353. The summed E-state index contributed by atoms with van der Waals surface area (Å²) in [7, 11) is 1.73. The van der Waals surface area contributed by atoms with Gasteiger partial charge in [0.2, 0.25) is 5.75 Å². The van der Waals surface area contributed by atoms with Gasteiger partial charge in [-0.25, -0.2) is 9.97 Å². The second-order valence-corrected chi connectivity index (χ2v) is 5.90. The molecule has 0 saturated carbocycles. The molecule has 1 aromatic carbocycles. The van der Waals surface area contributed by atoms with Crippen LogP contribution in [-0.2, 0) is 4.74 Å². The third kappa shape index (κ3) is 3.82. The fourth-order valence-corrected chi connectivity index (χ4v) is 2.89. The van der Waals surface area contributed by atoms with Crippen LogP contribution in [0.1, 0.15) is 25.7 Å². The van der Waals surface area contributed by atoms with Crippen molar-refractivity contribution < 1.29 is 18.9 Å². The summed E-state index contributed by atoms with van der Waals surface area (Å²) in [4.78, 5) is 8.29. The molecule has 0 bridgehead atoms. The third-order valence-corrected chi connectivity index (χ3v) is 4.12. The molecule has 0 amide bonds. The summed E-state index contributed by atoms with van der Waals surface area (Å²) >= 11 is 6.20. The number of hydrogen-bond donors (Lipinski definition) is 0. The first-order valence-corrected chi connectivity index (χ1v) is 8.53. The normalized spacial score (nSPS) is 13.2. The molecule has 2 aromatic rings. The van der Waals surface area contributed by atoms with Gasteiger partial charge in [-0.3, -0.25) is 0 Å². The molecule has 130 valence electrons. The van der Waals surface area contributed by atoms with Crippen molar-refractivity contribution >= 4 is 22.5 Å². The van der Waals surface area contributed by atoms with Crippen molar-refractivity contribution in [3.05, 3.63) is 17.5 Å². The second-order valence-electron chi connectivity index (χ2n) is 5.54. The summed E-state index contributed by atoms with van der Waals surface area (Å²) in [5.74, 6) is 1.80. The van der Waals surface area contributed by atoms with E-state index in [4.69, 9.17) is 30.5 Å². The van der Waals surface area contributed by atoms with Gasteiger partial charge in [0.15, 0.2) is 11.5 Å². The van der Waals surface area contributed by atoms with Crippen LogP contribution in [0.4, 0.5) is 0 Å². The molecule has 1 aliphatic rings. The fraction of sp³-hybridized carbons (Fsp3) is 0.529. The lowest BCUT2D eigenvalue weighted by molar-refractivity contribution is 0.163. The number of aromatic nitrogens is 2. The average Bonchev–Trinajstić information content (AvgIpc) is 2.61. The van der Waals surface area contributed by atoms with Crippen molar-refractivity contribution in [3.63, 3.8) is 0 Å². The fourth-order valence-electron chi connectivity index (χ4n) is 2.66. The number of fused-ring (bicyclic) bond motifs is 3. The Morgan fingerprint density at radius 3 is 2.58 bits per heavy atom. The van der Waals surface area contributed by atoms with E-state index in [2.05, 4.69) is 9.97 Å². The summed E-state index contributed by atoms with van der Waals surface area (Å²) in [5.41, 5.74) is 0.689. The molecule has 3 rings (SSSR count). The van der Waals surface area contributed by atoms with E-state index in [0.717, 1.165) is 32.3 Å². The number of rotatable bonds is 8. The molecule has 0 unspecified atom stereocenters. The Morgan fingerprint density at radius 2 is 1.79 bits per heavy atom. The van der Waals surface area contributed by atoms with E-state index in [-0.39, 0.29) is 0 Å². The maximum absolute atomic E-state index is 6.20. The van der Waals surface area contributed by atoms with Gasteiger partial charge in [0, 0.05) is 19.8 Å². The highest BCUT2D eigenvalue weighted by Gasteiger charge is 2.23. The zero-order valence-corrected chi connectivity index (χ0v) is 14.5. The van der Waals surface area contributed by atoms with Gasteiger partial charge in [-0.15, -0.1) is 0 Å². The molecule has 7 heteroatoms. The lowest BCUT2D eigenvalue weighted by Gasteiger charge is -2.22. The zero-order valence-electron chi connectivity index (χ0n) is 13.7. The maximum Gasteiger partial charge on any atom is 0.204 e. The van der Waals surface area contributed by atoms with Gasteiger partial charge >= 0.3 is 0 Å². The molecular weight excluding hydrogens is 332 g/mol. The number of unbranched alkanes of at least 4 members (excludes halogenated alkanes) is 3. The van der Waals surface area contributed by atoms with Gasteiger partial charge in [-0.1, -0.05) is 18.0 Å². The van der Waals surface area contributed by atoms with E-state index >= 15 is 0 Å². The molecule has 6 nitrogen and oxygen atoms in total. The van der Waals surface area contributed by atoms with Crippen molar-refractivity contribution in [2.45, 2.75) is 25.7 Å². The van der Waals surface area contributed by atoms with Crippen LogP contribution in [0.25, 0.3) is 10.9 Å². The van der Waals surface area contributed by atoms with Crippen molar-refractivity contribution in [2.24, 2.45) is 0 Å². The van der Waals surface area contributed by atoms with Crippen LogP contribution in [0, 0.1) is 0 Å². The Kier molecular flexibility index (Phi) is 5.93. The molecule has 0 radical (unpaired) electrons. The molecule has 0 atom stereocenters. The van der Waals surface area contributed by atoms with Gasteiger partial charge in [0.1, 0.15) is 24.7 Å². The number of ether oxygens (including phenoxy) is 4. The van der Waals surface area contributed by atoms with Crippen molar-refractivity contribution in [1.82, 2.24) is 9.97 Å². The van der Waals surface area contributed by atoms with E-state index < -0.39 is 0 Å². The van der Waals surface area contributed by atoms with Crippen LogP contribution < -0.4 is 14.2 Å². The lowest BCUT2D eigenvalue weighted by atomic mass is 10.2. The van der Waals surface area contributed by atoms with Gasteiger partial charge in [-0.05, 0) is 19.3 Å². The minimum Gasteiger partial charge on any atom is -0.489 e. The molecule has 0 fully saturated rings. The molecule has 2 heterocycles. The van der Waals surface area contributed by atoms with Crippen molar-refractivity contribution in [3.8, 4) is 17.2 Å². The summed E-state index contributed by atoms with van der Waals surface area (Å²) in [6.07, 6.45) is 5.72. The highest BCUT2D eigenvalue weighted by atomic mass is 35.5. The maximum atomic E-state index is 6.20. The van der Waals surface area contributed by atoms with E-state index in [9.17, 15) is 0 Å². The second kappa shape index (κ2) is 8.35. The van der Waals surface area contributed by atoms with Crippen molar-refractivity contribution in [2.75, 3.05) is 33.5 Å². The Morgan fingerprint density at radius 1 is 1.04 bits per heavy atom. The van der Waals surface area contributed by atoms with Crippen molar-refractivity contribution in [1.29, 1.82) is 0 Å². The summed E-state index contributed by atoms with van der Waals surface area (Å²) < 4.78 is 22.5. The van der Waals surface area contributed by atoms with Crippen LogP contribution in [0.15, 0.2) is 12.4 Å². The SMILES string of the molecule is COCCCCCCOc1cc2ncnc(Cl)c2c2c1OCCO2. The summed E-state index contributed by atoms with van der Waals surface area (Å²) in [5, 5.41) is 1.02. The standard InChI is InChI=1S/C17H21ClN2O4/c1-21-6-4-2-3-5-7-22-13-10-12-14(17(18)20-11-19-12)16-15(13)23-8-9-24-16/h10-11H,2-9H2,1H3. The Balaban J connectivity index is 1.71. The monoisotopic (exact) mass is 352 g/mol. The lowest BCUT2D eigenvalue weighted by Crippen LogP contribution is -2.17. The van der Waals surface area contributed by atoms with E-state index in [1.807, 2.05) is 6.07 Å². The Hall–Kier alpha value is -1.79. The topological polar surface area (TPSA) is 62.7 Å². The van der Waals surface area contributed by atoms with Gasteiger partial charge < -0.3 is 18.9 Å². The number of benzene rings is 1. The van der Waals surface area contributed by atoms with Gasteiger partial charge in [0.05, 0.1) is 17.5 Å². The van der Waals surface area contributed by atoms with Crippen LogP contribution in [-0.4, -0.2) is 43.5 Å². The Labute approximate surface area is 146 Å². The van der Waals surface area contributed by atoms with E-state index in [1.165, 1.54) is 6.33 Å². The number of hydrogen-bond acceptors (Lipinski definition) is 6. The van der Waals surface area contributed by atoms with Crippen LogP contribution in [0.2, 0.25) is 5.15 Å². The first-order valence-electron chi connectivity index (χ1n) is 8.16. The van der Waals surface area contributed by atoms with E-state index in [1.54, 1.807) is 7.11 Å². The van der Waals surface area contributed by atoms with E-state index in [0.29, 0.717) is 53.1 Å². The smallest absolute Gasteiger partial charge is 0.204 e. The zero-order chi connectivity index (χ0) is 16.8. The molecule has 24 heavy (non-hydrogen) atoms. The van der Waals surface area contributed by atoms with Crippen LogP contribution >= 0.6 is 11.6 Å². The molecule has 0 aliphatic carbocycles. The number of halogens is 1. The summed E-state index contributed by atoms with van der Waals surface area (Å²) in [6, 6.07) is 1.83. The first-order chi connectivity index (χ1) is 11.8. The minimum absolute atomic E-state index is 0.353. The predicted molar refractivity (Wildman–Crippen MR) is 91.4 cm³/mol.